The number of nitrogens with one attached hydrogen (secondary N) is 1. The van der Waals surface area contributed by atoms with Gasteiger partial charge < -0.3 is 4.74 Å². The molecule has 0 radical (unpaired) electrons. The largest absolute Gasteiger partial charge is 0.491 e. The number of aromatic nitrogens is 2. The van der Waals surface area contributed by atoms with Gasteiger partial charge in [-0.2, -0.15) is 13.2 Å². The lowest BCUT2D eigenvalue weighted by Gasteiger charge is -2.09. The highest BCUT2D eigenvalue weighted by atomic mass is 32.2. The monoisotopic (exact) mass is 453 g/mol. The van der Waals surface area contributed by atoms with Gasteiger partial charge in [-0.3, -0.25) is 10.1 Å². The molecule has 1 heterocycles. The van der Waals surface area contributed by atoms with E-state index < -0.39 is 11.7 Å². The Kier molecular flexibility index (Phi) is 6.99. The van der Waals surface area contributed by atoms with Gasteiger partial charge in [-0.25, -0.2) is 0 Å². The van der Waals surface area contributed by atoms with Crippen molar-refractivity contribution in [1.82, 2.24) is 10.2 Å². The summed E-state index contributed by atoms with van der Waals surface area (Å²) in [5, 5.41) is 10.9. The van der Waals surface area contributed by atoms with Crippen LogP contribution in [-0.4, -0.2) is 22.2 Å². The van der Waals surface area contributed by atoms with Crippen molar-refractivity contribution in [2.24, 2.45) is 0 Å². The van der Waals surface area contributed by atoms with Gasteiger partial charge in [-0.05, 0) is 49.7 Å². The third-order valence-corrected chi connectivity index (χ3v) is 5.77. The number of rotatable bonds is 7. The van der Waals surface area contributed by atoms with Gasteiger partial charge in [0.05, 0.1) is 11.7 Å². The number of carbonyl (C=O) groups excluding carboxylic acids is 1. The molecule has 0 spiro atoms. The van der Waals surface area contributed by atoms with E-state index in [0.29, 0.717) is 32.1 Å². The molecular weight excluding hydrogens is 435 g/mol. The third-order valence-electron chi connectivity index (χ3n) is 3.73. The molecular formula is C20H18F3N3O2S2. The maximum Gasteiger partial charge on any atom is 0.416 e. The van der Waals surface area contributed by atoms with E-state index >= 15 is 0 Å². The summed E-state index contributed by atoms with van der Waals surface area (Å²) in [4.78, 5) is 12.3. The second-order valence-corrected chi connectivity index (χ2v) is 8.71. The fourth-order valence-electron chi connectivity index (χ4n) is 2.43. The van der Waals surface area contributed by atoms with Gasteiger partial charge in [0.2, 0.25) is 5.13 Å². The van der Waals surface area contributed by atoms with Crippen molar-refractivity contribution in [3.63, 3.8) is 0 Å². The Morgan fingerprint density at radius 2 is 1.90 bits per heavy atom. The SMILES string of the molecule is CC(C)Oc1ccc(C(=O)Nc2nnc(SCc3cccc(C(F)(F)F)c3)s2)cc1. The number of nitrogens with zero attached hydrogens (tertiary/aromatic N) is 2. The Balaban J connectivity index is 1.57. The molecule has 1 N–H and O–H groups in total. The number of hydrogen-bond donors (Lipinski definition) is 1. The number of hydrogen-bond acceptors (Lipinski definition) is 6. The summed E-state index contributed by atoms with van der Waals surface area (Å²) >= 11 is 2.41. The van der Waals surface area contributed by atoms with Gasteiger partial charge in [-0.15, -0.1) is 10.2 Å². The molecule has 5 nitrogen and oxygen atoms in total. The molecule has 0 aliphatic carbocycles. The number of halogens is 3. The summed E-state index contributed by atoms with van der Waals surface area (Å²) in [5.74, 6) is 0.645. The first-order chi connectivity index (χ1) is 14.2. The molecule has 0 fully saturated rings. The molecule has 0 aliphatic rings. The van der Waals surface area contributed by atoms with Crippen LogP contribution in [0.4, 0.5) is 18.3 Å². The van der Waals surface area contributed by atoms with Crippen molar-refractivity contribution >= 4 is 34.1 Å². The van der Waals surface area contributed by atoms with Crippen LogP contribution in [0.1, 0.15) is 35.3 Å². The average Bonchev–Trinajstić information content (AvgIpc) is 3.13. The van der Waals surface area contributed by atoms with Crippen LogP contribution in [0.3, 0.4) is 0 Å². The van der Waals surface area contributed by atoms with E-state index in [2.05, 4.69) is 15.5 Å². The van der Waals surface area contributed by atoms with E-state index in [-0.39, 0.29) is 12.0 Å². The van der Waals surface area contributed by atoms with E-state index in [9.17, 15) is 18.0 Å². The minimum absolute atomic E-state index is 0.0397. The predicted octanol–water partition coefficient (Wildman–Crippen LogP) is 5.89. The van der Waals surface area contributed by atoms with Crippen LogP contribution in [0.25, 0.3) is 0 Å². The van der Waals surface area contributed by atoms with Crippen molar-refractivity contribution in [1.29, 1.82) is 0 Å². The first-order valence-electron chi connectivity index (χ1n) is 8.91. The zero-order valence-electron chi connectivity index (χ0n) is 16.1. The van der Waals surface area contributed by atoms with Gasteiger partial charge in [0.1, 0.15) is 5.75 Å². The van der Waals surface area contributed by atoms with E-state index in [0.717, 1.165) is 23.5 Å². The van der Waals surface area contributed by atoms with Crippen LogP contribution in [-0.2, 0) is 11.9 Å². The van der Waals surface area contributed by atoms with Gasteiger partial charge in [0.15, 0.2) is 4.34 Å². The Labute approximate surface area is 179 Å². The van der Waals surface area contributed by atoms with Crippen molar-refractivity contribution in [2.45, 2.75) is 36.2 Å². The van der Waals surface area contributed by atoms with Crippen molar-refractivity contribution < 1.29 is 22.7 Å². The van der Waals surface area contributed by atoms with E-state index in [1.165, 1.54) is 17.8 Å². The van der Waals surface area contributed by atoms with Crippen molar-refractivity contribution in [3.8, 4) is 5.75 Å². The lowest BCUT2D eigenvalue weighted by Crippen LogP contribution is -2.12. The molecule has 1 amide bonds. The molecule has 3 aromatic rings. The number of thioether (sulfide) groups is 1. The summed E-state index contributed by atoms with van der Waals surface area (Å²) in [6.45, 7) is 3.83. The van der Waals surface area contributed by atoms with Crippen LogP contribution in [0, 0.1) is 0 Å². The van der Waals surface area contributed by atoms with E-state index in [1.807, 2.05) is 13.8 Å². The quantitative estimate of drug-likeness (QED) is 0.357. The van der Waals surface area contributed by atoms with Crippen LogP contribution < -0.4 is 10.1 Å². The molecule has 0 saturated heterocycles. The topological polar surface area (TPSA) is 64.1 Å². The molecule has 10 heteroatoms. The Morgan fingerprint density at radius 1 is 1.17 bits per heavy atom. The summed E-state index contributed by atoms with van der Waals surface area (Å²) < 4.78 is 44.5. The molecule has 158 valence electrons. The zero-order valence-corrected chi connectivity index (χ0v) is 17.7. The standard InChI is InChI=1S/C20H18F3N3O2S2/c1-12(2)28-16-8-6-14(7-9-16)17(27)24-18-25-26-19(30-18)29-11-13-4-3-5-15(10-13)20(21,22)23/h3-10,12H,11H2,1-2H3,(H,24,25,27). The zero-order chi connectivity index (χ0) is 21.7. The molecule has 0 saturated carbocycles. The summed E-state index contributed by atoms with van der Waals surface area (Å²) in [6.07, 6.45) is -4.34. The fraction of sp³-hybridized carbons (Fsp3) is 0.250. The first-order valence-corrected chi connectivity index (χ1v) is 10.7. The molecule has 1 aromatic heterocycles. The highest BCUT2D eigenvalue weighted by Crippen LogP contribution is 2.32. The Hall–Kier alpha value is -2.59. The lowest BCUT2D eigenvalue weighted by atomic mass is 10.1. The Bertz CT molecular complexity index is 1010. The molecule has 0 atom stereocenters. The normalized spacial score (nSPS) is 11.5. The predicted molar refractivity (Wildman–Crippen MR) is 111 cm³/mol. The number of amides is 1. The molecule has 0 unspecified atom stereocenters. The maximum absolute atomic E-state index is 12.8. The van der Waals surface area contributed by atoms with Gasteiger partial charge in [-0.1, -0.05) is 41.3 Å². The maximum atomic E-state index is 12.8. The summed E-state index contributed by atoms with van der Waals surface area (Å²) in [7, 11) is 0. The molecule has 0 bridgehead atoms. The van der Waals surface area contributed by atoms with Crippen LogP contribution in [0.5, 0.6) is 5.75 Å². The molecule has 3 rings (SSSR count). The van der Waals surface area contributed by atoms with E-state index in [1.54, 1.807) is 30.3 Å². The minimum Gasteiger partial charge on any atom is -0.491 e. The summed E-state index contributed by atoms with van der Waals surface area (Å²) in [6, 6.07) is 11.9. The van der Waals surface area contributed by atoms with Gasteiger partial charge in [0.25, 0.3) is 5.91 Å². The summed E-state index contributed by atoms with van der Waals surface area (Å²) in [5.41, 5.74) is 0.287. The van der Waals surface area contributed by atoms with E-state index in [4.69, 9.17) is 4.74 Å². The molecule has 0 aliphatic heterocycles. The highest BCUT2D eigenvalue weighted by Gasteiger charge is 2.30. The lowest BCUT2D eigenvalue weighted by molar-refractivity contribution is -0.137. The number of ether oxygens (including phenoxy) is 1. The Morgan fingerprint density at radius 3 is 2.57 bits per heavy atom. The van der Waals surface area contributed by atoms with Crippen LogP contribution in [0.2, 0.25) is 0 Å². The average molecular weight is 454 g/mol. The highest BCUT2D eigenvalue weighted by molar-refractivity contribution is 8.00. The van der Waals surface area contributed by atoms with Crippen LogP contribution in [0.15, 0.2) is 52.9 Å². The number of carbonyl (C=O) groups is 1. The smallest absolute Gasteiger partial charge is 0.416 e. The molecule has 2 aromatic carbocycles. The van der Waals surface area contributed by atoms with Crippen LogP contribution >= 0.6 is 23.1 Å². The van der Waals surface area contributed by atoms with Gasteiger partial charge >= 0.3 is 6.18 Å². The third kappa shape index (κ3) is 6.20. The van der Waals surface area contributed by atoms with Crippen molar-refractivity contribution in [3.05, 3.63) is 65.2 Å². The first kappa shape index (κ1) is 22.1. The number of benzene rings is 2. The number of anilines is 1. The second-order valence-electron chi connectivity index (χ2n) is 6.51. The van der Waals surface area contributed by atoms with Gasteiger partial charge in [0, 0.05) is 11.3 Å². The number of alkyl halides is 3. The minimum atomic E-state index is -4.38. The fourth-order valence-corrected chi connectivity index (χ4v) is 4.12. The van der Waals surface area contributed by atoms with Crippen molar-refractivity contribution in [2.75, 3.05) is 5.32 Å². The molecule has 30 heavy (non-hydrogen) atoms. The second kappa shape index (κ2) is 9.48.